The lowest BCUT2D eigenvalue weighted by Gasteiger charge is -2.58. The standard InChI is InChI=1S/C12H24N2/c1-8-9-5-6-11(10(13)7-9)14(8)12(2,3)4/h8-11H,5-7,13H2,1-4H3/t8-,9?,10?,11?/m1/s1. The molecule has 2 bridgehead atoms. The first kappa shape index (κ1) is 10.4. The molecule has 3 fully saturated rings. The van der Waals surface area contributed by atoms with Crippen LogP contribution in [0.3, 0.4) is 0 Å². The van der Waals surface area contributed by atoms with Gasteiger partial charge in [-0.15, -0.1) is 0 Å². The molecule has 2 saturated heterocycles. The molecule has 2 heteroatoms. The fourth-order valence-electron chi connectivity index (χ4n) is 3.64. The molecule has 0 amide bonds. The molecule has 0 aromatic carbocycles. The molecule has 2 N–H and O–H groups in total. The number of rotatable bonds is 0. The van der Waals surface area contributed by atoms with Gasteiger partial charge in [-0.1, -0.05) is 0 Å². The zero-order chi connectivity index (χ0) is 10.5. The molecule has 0 aromatic rings. The van der Waals surface area contributed by atoms with Crippen molar-refractivity contribution in [2.45, 2.75) is 70.6 Å². The number of nitrogens with two attached hydrogens (primary N) is 1. The van der Waals surface area contributed by atoms with Crippen LogP contribution in [0.2, 0.25) is 0 Å². The summed E-state index contributed by atoms with van der Waals surface area (Å²) in [6.07, 6.45) is 3.96. The third kappa shape index (κ3) is 1.49. The second kappa shape index (κ2) is 3.21. The Morgan fingerprint density at radius 2 is 1.86 bits per heavy atom. The fourth-order valence-corrected chi connectivity index (χ4v) is 3.64. The number of hydrogen-bond acceptors (Lipinski definition) is 2. The maximum atomic E-state index is 6.23. The van der Waals surface area contributed by atoms with Gasteiger partial charge in [0.25, 0.3) is 0 Å². The van der Waals surface area contributed by atoms with Gasteiger partial charge in [0.05, 0.1) is 0 Å². The van der Waals surface area contributed by atoms with Gasteiger partial charge < -0.3 is 5.73 Å². The minimum absolute atomic E-state index is 0.279. The van der Waals surface area contributed by atoms with Crippen LogP contribution in [0, 0.1) is 5.92 Å². The monoisotopic (exact) mass is 196 g/mol. The number of fused-ring (bicyclic) bond motifs is 3. The van der Waals surface area contributed by atoms with Crippen LogP contribution in [0.25, 0.3) is 0 Å². The van der Waals surface area contributed by atoms with Crippen LogP contribution in [0.15, 0.2) is 0 Å². The Hall–Kier alpha value is -0.0800. The molecule has 1 aliphatic carbocycles. The van der Waals surface area contributed by atoms with Crippen LogP contribution in [-0.2, 0) is 0 Å². The van der Waals surface area contributed by atoms with Gasteiger partial charge in [0.2, 0.25) is 0 Å². The maximum absolute atomic E-state index is 6.23. The minimum Gasteiger partial charge on any atom is -0.326 e. The molecule has 0 radical (unpaired) electrons. The van der Waals surface area contributed by atoms with E-state index in [-0.39, 0.29) is 5.54 Å². The second-order valence-electron chi connectivity index (χ2n) is 6.12. The van der Waals surface area contributed by atoms with Gasteiger partial charge in [0.1, 0.15) is 0 Å². The summed E-state index contributed by atoms with van der Waals surface area (Å²) < 4.78 is 0. The quantitative estimate of drug-likeness (QED) is 0.642. The average molecular weight is 196 g/mol. The van der Waals surface area contributed by atoms with Gasteiger partial charge in [-0.3, -0.25) is 4.90 Å². The van der Waals surface area contributed by atoms with Crippen molar-refractivity contribution in [2.24, 2.45) is 11.7 Å². The van der Waals surface area contributed by atoms with Crippen LogP contribution < -0.4 is 5.73 Å². The van der Waals surface area contributed by atoms with E-state index >= 15 is 0 Å². The smallest absolute Gasteiger partial charge is 0.0255 e. The molecular formula is C12H24N2. The van der Waals surface area contributed by atoms with E-state index in [1.807, 2.05) is 0 Å². The zero-order valence-corrected chi connectivity index (χ0v) is 9.96. The van der Waals surface area contributed by atoms with E-state index in [0.29, 0.717) is 12.1 Å². The van der Waals surface area contributed by atoms with Crippen molar-refractivity contribution in [3.05, 3.63) is 0 Å². The van der Waals surface area contributed by atoms with Crippen LogP contribution in [0.4, 0.5) is 0 Å². The molecule has 1 saturated carbocycles. The fraction of sp³-hybridized carbons (Fsp3) is 1.00. The Labute approximate surface area is 87.8 Å². The van der Waals surface area contributed by atoms with Crippen molar-refractivity contribution >= 4 is 0 Å². The summed E-state index contributed by atoms with van der Waals surface area (Å²) in [4.78, 5) is 2.66. The van der Waals surface area contributed by atoms with Crippen LogP contribution in [0.5, 0.6) is 0 Å². The first-order chi connectivity index (χ1) is 6.41. The number of nitrogens with zero attached hydrogens (tertiary/aromatic N) is 1. The largest absolute Gasteiger partial charge is 0.326 e. The van der Waals surface area contributed by atoms with Crippen molar-refractivity contribution < 1.29 is 0 Å². The van der Waals surface area contributed by atoms with E-state index in [1.54, 1.807) is 0 Å². The van der Waals surface area contributed by atoms with Gasteiger partial charge in [0.15, 0.2) is 0 Å². The molecule has 2 nitrogen and oxygen atoms in total. The maximum Gasteiger partial charge on any atom is 0.0255 e. The topological polar surface area (TPSA) is 29.3 Å². The number of piperidine rings is 2. The lowest BCUT2D eigenvalue weighted by molar-refractivity contribution is -0.0717. The molecule has 4 atom stereocenters. The number of hydrogen-bond donors (Lipinski definition) is 1. The molecule has 3 aliphatic rings. The Balaban J connectivity index is 2.24. The van der Waals surface area contributed by atoms with E-state index in [1.165, 1.54) is 19.3 Å². The van der Waals surface area contributed by atoms with Crippen LogP contribution >= 0.6 is 0 Å². The SMILES string of the molecule is C[C@@H]1C2CCC(C(N)C2)N1C(C)(C)C. The van der Waals surface area contributed by atoms with E-state index < -0.39 is 0 Å². The van der Waals surface area contributed by atoms with E-state index in [9.17, 15) is 0 Å². The van der Waals surface area contributed by atoms with E-state index in [4.69, 9.17) is 5.73 Å². The van der Waals surface area contributed by atoms with Crippen molar-refractivity contribution in [1.82, 2.24) is 4.90 Å². The van der Waals surface area contributed by atoms with Gasteiger partial charge in [-0.2, -0.15) is 0 Å². The molecule has 2 heterocycles. The highest BCUT2D eigenvalue weighted by Gasteiger charge is 2.47. The van der Waals surface area contributed by atoms with Crippen LogP contribution in [-0.4, -0.2) is 28.6 Å². The van der Waals surface area contributed by atoms with Crippen molar-refractivity contribution in [2.75, 3.05) is 0 Å². The molecule has 82 valence electrons. The lowest BCUT2D eigenvalue weighted by Crippen LogP contribution is -2.67. The van der Waals surface area contributed by atoms with E-state index in [0.717, 1.165) is 12.0 Å². The van der Waals surface area contributed by atoms with Gasteiger partial charge >= 0.3 is 0 Å². The summed E-state index contributed by atoms with van der Waals surface area (Å²) in [6.45, 7) is 9.33. The average Bonchev–Trinajstić information content (AvgIpc) is 2.04. The molecular weight excluding hydrogens is 172 g/mol. The first-order valence-corrected chi connectivity index (χ1v) is 5.95. The highest BCUT2D eigenvalue weighted by molar-refractivity contribution is 5.03. The van der Waals surface area contributed by atoms with Gasteiger partial charge in [-0.25, -0.2) is 0 Å². The zero-order valence-electron chi connectivity index (χ0n) is 9.96. The van der Waals surface area contributed by atoms with Crippen molar-refractivity contribution in [3.8, 4) is 0 Å². The van der Waals surface area contributed by atoms with Gasteiger partial charge in [0, 0.05) is 23.7 Å². The third-order valence-corrected chi connectivity index (χ3v) is 4.16. The summed E-state index contributed by atoms with van der Waals surface area (Å²) in [5, 5.41) is 0. The summed E-state index contributed by atoms with van der Waals surface area (Å²) >= 11 is 0. The highest BCUT2D eigenvalue weighted by atomic mass is 15.3. The van der Waals surface area contributed by atoms with E-state index in [2.05, 4.69) is 32.6 Å². The predicted molar refractivity (Wildman–Crippen MR) is 60.2 cm³/mol. The minimum atomic E-state index is 0.279. The lowest BCUT2D eigenvalue weighted by atomic mass is 9.71. The first-order valence-electron chi connectivity index (χ1n) is 5.95. The summed E-state index contributed by atoms with van der Waals surface area (Å²) in [5.41, 5.74) is 6.51. The van der Waals surface area contributed by atoms with Crippen LogP contribution in [0.1, 0.15) is 47.0 Å². The second-order valence-corrected chi connectivity index (χ2v) is 6.12. The van der Waals surface area contributed by atoms with Gasteiger partial charge in [-0.05, 0) is 52.9 Å². The molecule has 14 heavy (non-hydrogen) atoms. The Morgan fingerprint density at radius 3 is 2.29 bits per heavy atom. The molecule has 3 rings (SSSR count). The summed E-state index contributed by atoms with van der Waals surface area (Å²) in [5.74, 6) is 0.842. The third-order valence-electron chi connectivity index (χ3n) is 4.16. The normalized spacial score (nSPS) is 44.4. The molecule has 2 aliphatic heterocycles. The summed E-state index contributed by atoms with van der Waals surface area (Å²) in [6, 6.07) is 1.78. The molecule has 0 spiro atoms. The predicted octanol–water partition coefficient (Wildman–Crippen LogP) is 1.98. The Kier molecular flexibility index (Phi) is 2.39. The molecule has 3 unspecified atom stereocenters. The molecule has 0 aromatic heterocycles. The summed E-state index contributed by atoms with van der Waals surface area (Å²) in [7, 11) is 0. The Morgan fingerprint density at radius 1 is 1.21 bits per heavy atom. The highest BCUT2D eigenvalue weighted by Crippen LogP contribution is 2.42. The van der Waals surface area contributed by atoms with Crippen molar-refractivity contribution in [3.63, 3.8) is 0 Å². The Bertz CT molecular complexity index is 219. The van der Waals surface area contributed by atoms with Crippen molar-refractivity contribution in [1.29, 1.82) is 0 Å².